The molecule has 1 unspecified atom stereocenters. The predicted octanol–water partition coefficient (Wildman–Crippen LogP) is 0.235. The van der Waals surface area contributed by atoms with Crippen molar-refractivity contribution in [2.75, 3.05) is 5.75 Å². The van der Waals surface area contributed by atoms with Gasteiger partial charge in [0.2, 0.25) is 0 Å². The molecule has 4 nitrogen and oxygen atoms in total. The second-order valence-electron chi connectivity index (χ2n) is 2.35. The van der Waals surface area contributed by atoms with Crippen LogP contribution in [0.1, 0.15) is 0 Å². The van der Waals surface area contributed by atoms with E-state index in [1.165, 1.54) is 0 Å². The number of hydrogen-bond donors (Lipinski definition) is 3. The van der Waals surface area contributed by atoms with Gasteiger partial charge in [-0.1, -0.05) is 12.2 Å². The van der Waals surface area contributed by atoms with Crippen LogP contribution in [0.2, 0.25) is 0 Å². The van der Waals surface area contributed by atoms with Gasteiger partial charge < -0.3 is 5.11 Å². The highest BCUT2D eigenvalue weighted by atomic mass is 32.2. The van der Waals surface area contributed by atoms with E-state index in [2.05, 4.69) is 0 Å². The second kappa shape index (κ2) is 3.61. The molecule has 0 aromatic carbocycles. The van der Waals surface area contributed by atoms with E-state index in [-0.39, 0.29) is 5.75 Å². The number of aliphatic hydroxyl groups excluding tert-OH is 1. The summed E-state index contributed by atoms with van der Waals surface area (Å²) in [6, 6.07) is 0. The SMILES string of the molecule is O=S(=O)(O)C(O)C[SH]1C=CC=C1. The summed E-state index contributed by atoms with van der Waals surface area (Å²) < 4.78 is 29.2. The second-order valence-corrected chi connectivity index (χ2v) is 5.91. The number of aliphatic hydroxyl groups is 1. The van der Waals surface area contributed by atoms with Gasteiger partial charge in [-0.05, 0) is 10.8 Å². The molecule has 0 aromatic heterocycles. The number of thiol groups is 1. The highest BCUT2D eigenvalue weighted by molar-refractivity contribution is 8.22. The van der Waals surface area contributed by atoms with Crippen molar-refractivity contribution >= 4 is 21.0 Å². The van der Waals surface area contributed by atoms with E-state index >= 15 is 0 Å². The number of hydrogen-bond acceptors (Lipinski definition) is 3. The van der Waals surface area contributed by atoms with Gasteiger partial charge in [-0.25, -0.2) is 10.9 Å². The highest BCUT2D eigenvalue weighted by Crippen LogP contribution is 2.33. The van der Waals surface area contributed by atoms with Gasteiger partial charge in [0.1, 0.15) is 0 Å². The fourth-order valence-corrected chi connectivity index (χ4v) is 3.38. The molecule has 2 N–H and O–H groups in total. The van der Waals surface area contributed by atoms with Crippen molar-refractivity contribution in [1.29, 1.82) is 0 Å². The van der Waals surface area contributed by atoms with Crippen LogP contribution in [-0.4, -0.2) is 29.3 Å². The molecule has 70 valence electrons. The fraction of sp³-hybridized carbons (Fsp3) is 0.333. The van der Waals surface area contributed by atoms with Crippen LogP contribution < -0.4 is 0 Å². The third-order valence-electron chi connectivity index (χ3n) is 1.38. The Morgan fingerprint density at radius 3 is 2.25 bits per heavy atom. The van der Waals surface area contributed by atoms with Gasteiger partial charge in [-0.15, -0.1) is 0 Å². The van der Waals surface area contributed by atoms with Gasteiger partial charge in [0.25, 0.3) is 10.1 Å². The van der Waals surface area contributed by atoms with E-state index in [9.17, 15) is 8.42 Å². The van der Waals surface area contributed by atoms with Crippen molar-refractivity contribution in [2.24, 2.45) is 0 Å². The normalized spacial score (nSPS) is 21.7. The Hall–Kier alpha value is -0.300. The summed E-state index contributed by atoms with van der Waals surface area (Å²) in [5.41, 5.74) is -1.66. The van der Waals surface area contributed by atoms with Crippen molar-refractivity contribution in [1.82, 2.24) is 0 Å². The Kier molecular flexibility index (Phi) is 2.94. The summed E-state index contributed by atoms with van der Waals surface area (Å²) in [5, 5.41) is 12.6. The lowest BCUT2D eigenvalue weighted by atomic mass is 10.6. The summed E-state index contributed by atoms with van der Waals surface area (Å²) in [6.07, 6.45) is 3.59. The Bertz CT molecular complexity index is 292. The third-order valence-corrected chi connectivity index (χ3v) is 4.36. The molecule has 0 saturated heterocycles. The van der Waals surface area contributed by atoms with Crippen LogP contribution in [0.15, 0.2) is 23.0 Å². The maximum atomic E-state index is 10.4. The van der Waals surface area contributed by atoms with Crippen LogP contribution >= 0.6 is 10.9 Å². The standard InChI is InChI=1S/C6H10O4S2/c7-6(12(8,9)10)5-11-3-1-2-4-11/h1-4,6-7,11H,5H2,(H,8,9,10). The van der Waals surface area contributed by atoms with Crippen molar-refractivity contribution < 1.29 is 18.1 Å². The van der Waals surface area contributed by atoms with Crippen LogP contribution in [0.3, 0.4) is 0 Å². The molecule has 12 heavy (non-hydrogen) atoms. The largest absolute Gasteiger partial charge is 0.374 e. The fourth-order valence-electron chi connectivity index (χ4n) is 0.766. The van der Waals surface area contributed by atoms with Gasteiger partial charge in [0, 0.05) is 5.75 Å². The molecule has 0 bridgehead atoms. The third kappa shape index (κ3) is 2.63. The molecule has 1 atom stereocenters. The van der Waals surface area contributed by atoms with E-state index in [4.69, 9.17) is 9.66 Å². The molecule has 1 rings (SSSR count). The monoisotopic (exact) mass is 210 g/mol. The molecule has 1 aliphatic heterocycles. The average molecular weight is 210 g/mol. The first-order valence-electron chi connectivity index (χ1n) is 3.25. The summed E-state index contributed by atoms with van der Waals surface area (Å²) in [6.45, 7) is 0. The maximum absolute atomic E-state index is 10.4. The lowest BCUT2D eigenvalue weighted by molar-refractivity contribution is 0.255. The van der Waals surface area contributed by atoms with Gasteiger partial charge in [0.05, 0.1) is 0 Å². The molecule has 6 heteroatoms. The zero-order valence-electron chi connectivity index (χ0n) is 6.16. The summed E-state index contributed by atoms with van der Waals surface area (Å²) in [5.74, 6) is 0.0706. The van der Waals surface area contributed by atoms with Crippen LogP contribution in [-0.2, 0) is 10.1 Å². The maximum Gasteiger partial charge on any atom is 0.292 e. The van der Waals surface area contributed by atoms with Gasteiger partial charge in [-0.3, -0.25) is 4.55 Å². The van der Waals surface area contributed by atoms with Crippen LogP contribution in [0.4, 0.5) is 0 Å². The van der Waals surface area contributed by atoms with Crippen LogP contribution in [0, 0.1) is 0 Å². The molecule has 0 amide bonds. The van der Waals surface area contributed by atoms with Crippen LogP contribution in [0.25, 0.3) is 0 Å². The minimum absolute atomic E-state index is 0.0706. The Morgan fingerprint density at radius 1 is 1.33 bits per heavy atom. The summed E-state index contributed by atoms with van der Waals surface area (Å²) in [7, 11) is -4.99. The molecule has 0 spiro atoms. The molecule has 1 heterocycles. The van der Waals surface area contributed by atoms with E-state index < -0.39 is 26.4 Å². The molecule has 0 aliphatic carbocycles. The van der Waals surface area contributed by atoms with E-state index in [1.54, 1.807) is 12.2 Å². The molecule has 0 radical (unpaired) electrons. The van der Waals surface area contributed by atoms with Gasteiger partial charge >= 0.3 is 0 Å². The van der Waals surface area contributed by atoms with Gasteiger partial charge in [0.15, 0.2) is 5.44 Å². The Labute approximate surface area is 73.7 Å². The first kappa shape index (κ1) is 9.79. The molecule has 0 fully saturated rings. The highest BCUT2D eigenvalue weighted by Gasteiger charge is 2.21. The lowest BCUT2D eigenvalue weighted by Gasteiger charge is -2.12. The number of rotatable bonds is 3. The summed E-state index contributed by atoms with van der Waals surface area (Å²) >= 11 is 0. The Balaban J connectivity index is 2.52. The topological polar surface area (TPSA) is 74.6 Å². The quantitative estimate of drug-likeness (QED) is 0.460. The zero-order valence-corrected chi connectivity index (χ0v) is 7.87. The molecular weight excluding hydrogens is 200 g/mol. The number of allylic oxidation sites excluding steroid dienone is 2. The van der Waals surface area contributed by atoms with E-state index in [0.717, 1.165) is 0 Å². The minimum Gasteiger partial charge on any atom is -0.374 e. The van der Waals surface area contributed by atoms with E-state index in [0.29, 0.717) is 0 Å². The van der Waals surface area contributed by atoms with Gasteiger partial charge in [-0.2, -0.15) is 8.42 Å². The van der Waals surface area contributed by atoms with Crippen molar-refractivity contribution in [3.63, 3.8) is 0 Å². The average Bonchev–Trinajstić information content (AvgIpc) is 2.37. The Morgan fingerprint density at radius 2 is 1.83 bits per heavy atom. The minimum atomic E-state index is -4.29. The molecular formula is C6H10O4S2. The molecule has 0 saturated carbocycles. The first-order chi connectivity index (χ1) is 5.50. The summed E-state index contributed by atoms with van der Waals surface area (Å²) in [4.78, 5) is 0. The van der Waals surface area contributed by atoms with Crippen molar-refractivity contribution in [3.05, 3.63) is 23.0 Å². The molecule has 0 aromatic rings. The lowest BCUT2D eigenvalue weighted by Crippen LogP contribution is -2.23. The van der Waals surface area contributed by atoms with Crippen molar-refractivity contribution in [3.8, 4) is 0 Å². The molecule has 1 aliphatic rings. The smallest absolute Gasteiger partial charge is 0.292 e. The van der Waals surface area contributed by atoms with Crippen LogP contribution in [0.5, 0.6) is 0 Å². The zero-order chi connectivity index (χ0) is 9.19. The first-order valence-corrected chi connectivity index (χ1v) is 6.42. The van der Waals surface area contributed by atoms with E-state index in [1.807, 2.05) is 10.8 Å². The predicted molar refractivity (Wildman–Crippen MR) is 49.7 cm³/mol. The van der Waals surface area contributed by atoms with Crippen molar-refractivity contribution in [2.45, 2.75) is 5.44 Å².